The maximum atomic E-state index is 12.2. The number of hydrogen-bond acceptors (Lipinski definition) is 6. The molecule has 2 N–H and O–H groups in total. The molecular weight excluding hydrogens is 332 g/mol. The van der Waals surface area contributed by atoms with Gasteiger partial charge in [-0.05, 0) is 30.9 Å². The standard InChI is InChI=1S/C16H20N2O7/c1-24-14-3-2-11(8-13(14)18(22)23)15(19)17-9-12(16(20)21)10-4-6-25-7-5-10/h2-3,8,10,12H,4-7,9H2,1H3,(H,17,19)(H,20,21). The molecule has 0 bridgehead atoms. The van der Waals surface area contributed by atoms with E-state index in [0.29, 0.717) is 26.1 Å². The SMILES string of the molecule is COc1ccc(C(=O)NCC(C(=O)O)C2CCOCC2)cc1[N+](=O)[O-]. The van der Waals surface area contributed by atoms with Crippen molar-refractivity contribution >= 4 is 17.6 Å². The molecular formula is C16H20N2O7. The molecule has 1 aromatic carbocycles. The quantitative estimate of drug-likeness (QED) is 0.561. The van der Waals surface area contributed by atoms with Gasteiger partial charge in [-0.15, -0.1) is 0 Å². The number of benzene rings is 1. The molecule has 1 saturated heterocycles. The molecule has 1 heterocycles. The van der Waals surface area contributed by atoms with Gasteiger partial charge in [-0.25, -0.2) is 0 Å². The molecule has 1 amide bonds. The van der Waals surface area contributed by atoms with E-state index in [1.165, 1.54) is 19.2 Å². The molecule has 1 fully saturated rings. The van der Waals surface area contributed by atoms with Crippen molar-refractivity contribution in [1.29, 1.82) is 0 Å². The Hall–Kier alpha value is -2.68. The minimum atomic E-state index is -0.979. The number of nitrogens with one attached hydrogen (secondary N) is 1. The van der Waals surface area contributed by atoms with Crippen LogP contribution in [0.3, 0.4) is 0 Å². The number of nitro groups is 1. The van der Waals surface area contributed by atoms with Gasteiger partial charge >= 0.3 is 11.7 Å². The van der Waals surface area contributed by atoms with Crippen LogP contribution in [0.15, 0.2) is 18.2 Å². The first kappa shape index (κ1) is 18.7. The molecule has 0 spiro atoms. The Balaban J connectivity index is 2.06. The molecule has 0 saturated carbocycles. The summed E-state index contributed by atoms with van der Waals surface area (Å²) in [5.74, 6) is -2.29. The second-order valence-corrected chi connectivity index (χ2v) is 5.75. The number of ether oxygens (including phenoxy) is 2. The van der Waals surface area contributed by atoms with Crippen molar-refractivity contribution in [2.24, 2.45) is 11.8 Å². The third-order valence-electron chi connectivity index (χ3n) is 4.27. The molecule has 1 atom stereocenters. The number of aliphatic carboxylic acids is 1. The molecule has 0 aliphatic carbocycles. The minimum absolute atomic E-state index is 0.0430. The average molecular weight is 352 g/mol. The van der Waals surface area contributed by atoms with E-state index in [4.69, 9.17) is 9.47 Å². The van der Waals surface area contributed by atoms with E-state index in [-0.39, 0.29) is 29.5 Å². The number of rotatable bonds is 7. The fraction of sp³-hybridized carbons (Fsp3) is 0.500. The van der Waals surface area contributed by atoms with Crippen molar-refractivity contribution in [3.05, 3.63) is 33.9 Å². The number of carbonyl (C=O) groups excluding carboxylic acids is 1. The predicted molar refractivity (Wildman–Crippen MR) is 86.7 cm³/mol. The molecule has 1 aromatic rings. The first-order valence-corrected chi connectivity index (χ1v) is 7.85. The van der Waals surface area contributed by atoms with Crippen molar-refractivity contribution in [2.75, 3.05) is 26.9 Å². The Bertz CT molecular complexity index is 656. The van der Waals surface area contributed by atoms with Crippen molar-refractivity contribution in [3.8, 4) is 5.75 Å². The minimum Gasteiger partial charge on any atom is -0.490 e. The highest BCUT2D eigenvalue weighted by molar-refractivity contribution is 5.95. The summed E-state index contributed by atoms with van der Waals surface area (Å²) in [7, 11) is 1.30. The van der Waals surface area contributed by atoms with Crippen LogP contribution in [0.2, 0.25) is 0 Å². The number of methoxy groups -OCH3 is 1. The highest BCUT2D eigenvalue weighted by Gasteiger charge is 2.30. The van der Waals surface area contributed by atoms with E-state index in [1.807, 2.05) is 0 Å². The topological polar surface area (TPSA) is 128 Å². The Labute approximate surface area is 144 Å². The Morgan fingerprint density at radius 1 is 1.44 bits per heavy atom. The van der Waals surface area contributed by atoms with E-state index in [0.717, 1.165) is 6.07 Å². The van der Waals surface area contributed by atoms with E-state index < -0.39 is 22.7 Å². The van der Waals surface area contributed by atoms with Crippen molar-refractivity contribution in [2.45, 2.75) is 12.8 Å². The summed E-state index contributed by atoms with van der Waals surface area (Å²) in [6.07, 6.45) is 1.25. The van der Waals surface area contributed by atoms with Crippen LogP contribution >= 0.6 is 0 Å². The summed E-state index contributed by atoms with van der Waals surface area (Å²) in [6.45, 7) is 0.971. The van der Waals surface area contributed by atoms with Crippen LogP contribution in [0.5, 0.6) is 5.75 Å². The summed E-state index contributed by atoms with van der Waals surface area (Å²) in [4.78, 5) is 34.1. The van der Waals surface area contributed by atoms with Gasteiger partial charge in [0.1, 0.15) is 0 Å². The summed E-state index contributed by atoms with van der Waals surface area (Å²) in [6, 6.07) is 3.84. The molecule has 1 aliphatic heterocycles. The molecule has 2 rings (SSSR count). The molecule has 9 heteroatoms. The zero-order chi connectivity index (χ0) is 18.4. The van der Waals surface area contributed by atoms with Gasteiger partial charge in [-0.3, -0.25) is 19.7 Å². The van der Waals surface area contributed by atoms with Gasteiger partial charge in [0.2, 0.25) is 0 Å². The van der Waals surface area contributed by atoms with Gasteiger partial charge in [0.05, 0.1) is 18.0 Å². The number of nitrogens with zero attached hydrogens (tertiary/aromatic N) is 1. The average Bonchev–Trinajstić information content (AvgIpc) is 2.61. The number of amides is 1. The highest BCUT2D eigenvalue weighted by Crippen LogP contribution is 2.28. The van der Waals surface area contributed by atoms with Gasteiger partial charge in [0, 0.05) is 31.4 Å². The lowest BCUT2D eigenvalue weighted by atomic mass is 9.86. The second-order valence-electron chi connectivity index (χ2n) is 5.75. The molecule has 0 radical (unpaired) electrons. The maximum Gasteiger partial charge on any atom is 0.311 e. The molecule has 1 unspecified atom stereocenters. The normalized spacial score (nSPS) is 16.0. The highest BCUT2D eigenvalue weighted by atomic mass is 16.6. The summed E-state index contributed by atoms with van der Waals surface area (Å²) < 4.78 is 10.1. The Kier molecular flexibility index (Phi) is 6.29. The summed E-state index contributed by atoms with van der Waals surface area (Å²) in [5, 5.41) is 23.0. The third kappa shape index (κ3) is 4.66. The first-order chi connectivity index (χ1) is 11.9. The lowest BCUT2D eigenvalue weighted by Crippen LogP contribution is -2.39. The Morgan fingerprint density at radius 3 is 2.68 bits per heavy atom. The fourth-order valence-electron chi connectivity index (χ4n) is 2.85. The maximum absolute atomic E-state index is 12.2. The van der Waals surface area contributed by atoms with Crippen LogP contribution in [-0.2, 0) is 9.53 Å². The third-order valence-corrected chi connectivity index (χ3v) is 4.27. The van der Waals surface area contributed by atoms with E-state index in [2.05, 4.69) is 5.32 Å². The van der Waals surface area contributed by atoms with E-state index >= 15 is 0 Å². The first-order valence-electron chi connectivity index (χ1n) is 7.85. The van der Waals surface area contributed by atoms with E-state index in [9.17, 15) is 24.8 Å². The van der Waals surface area contributed by atoms with Gasteiger partial charge < -0.3 is 19.9 Å². The molecule has 1 aliphatic rings. The number of carbonyl (C=O) groups is 2. The predicted octanol–water partition coefficient (Wildman–Crippen LogP) is 1.46. The molecule has 136 valence electrons. The van der Waals surface area contributed by atoms with Crippen LogP contribution < -0.4 is 10.1 Å². The molecule has 25 heavy (non-hydrogen) atoms. The second kappa shape index (κ2) is 8.43. The number of hydrogen-bond donors (Lipinski definition) is 2. The van der Waals surface area contributed by atoms with Crippen LogP contribution in [-0.4, -0.2) is 48.8 Å². The fourth-order valence-corrected chi connectivity index (χ4v) is 2.85. The van der Waals surface area contributed by atoms with Crippen LogP contribution in [0.4, 0.5) is 5.69 Å². The van der Waals surface area contributed by atoms with Crippen LogP contribution in [0, 0.1) is 22.0 Å². The van der Waals surface area contributed by atoms with Gasteiger partial charge in [0.25, 0.3) is 5.91 Å². The number of carboxylic acids is 1. The van der Waals surface area contributed by atoms with Gasteiger partial charge in [-0.1, -0.05) is 0 Å². The van der Waals surface area contributed by atoms with Crippen molar-refractivity contribution in [1.82, 2.24) is 5.32 Å². The van der Waals surface area contributed by atoms with Crippen LogP contribution in [0.1, 0.15) is 23.2 Å². The van der Waals surface area contributed by atoms with Gasteiger partial charge in [0.15, 0.2) is 5.75 Å². The summed E-state index contributed by atoms with van der Waals surface area (Å²) >= 11 is 0. The van der Waals surface area contributed by atoms with Gasteiger partial charge in [-0.2, -0.15) is 0 Å². The molecule has 0 aromatic heterocycles. The van der Waals surface area contributed by atoms with Crippen molar-refractivity contribution < 1.29 is 29.1 Å². The monoisotopic (exact) mass is 352 g/mol. The lowest BCUT2D eigenvalue weighted by Gasteiger charge is -2.27. The van der Waals surface area contributed by atoms with E-state index in [1.54, 1.807) is 0 Å². The zero-order valence-corrected chi connectivity index (χ0v) is 13.8. The zero-order valence-electron chi connectivity index (χ0n) is 13.8. The lowest BCUT2D eigenvalue weighted by molar-refractivity contribution is -0.385. The number of nitro benzene ring substituents is 1. The largest absolute Gasteiger partial charge is 0.490 e. The Morgan fingerprint density at radius 2 is 2.12 bits per heavy atom. The molecule has 9 nitrogen and oxygen atoms in total. The smallest absolute Gasteiger partial charge is 0.311 e. The number of carboxylic acid groups (broad SMARTS) is 1. The summed E-state index contributed by atoms with van der Waals surface area (Å²) in [5.41, 5.74) is -0.252. The van der Waals surface area contributed by atoms with Crippen LogP contribution in [0.25, 0.3) is 0 Å². The van der Waals surface area contributed by atoms with Crippen molar-refractivity contribution in [3.63, 3.8) is 0 Å².